The molecule has 0 spiro atoms. The SMILES string of the molecule is C[C@H]1Cc2cc(-c3csc(Cc4nc5ccccc5s4)n3)ccc2N1S(C)(=O)=O. The maximum absolute atomic E-state index is 12.1. The van der Waals surface area contributed by atoms with Crippen LogP contribution in [0.1, 0.15) is 22.5 Å². The van der Waals surface area contributed by atoms with Gasteiger partial charge in [0.25, 0.3) is 0 Å². The molecule has 0 unspecified atom stereocenters. The van der Waals surface area contributed by atoms with Crippen molar-refractivity contribution in [3.63, 3.8) is 0 Å². The molecule has 5 rings (SSSR count). The zero-order valence-corrected chi connectivity index (χ0v) is 18.4. The Morgan fingerprint density at radius 2 is 1.97 bits per heavy atom. The summed E-state index contributed by atoms with van der Waals surface area (Å²) in [5.41, 5.74) is 4.83. The van der Waals surface area contributed by atoms with Crippen molar-refractivity contribution in [2.24, 2.45) is 0 Å². The molecular weight excluding hydrogens is 422 g/mol. The molecule has 1 atom stereocenters. The topological polar surface area (TPSA) is 63.2 Å². The highest BCUT2D eigenvalue weighted by atomic mass is 32.2. The largest absolute Gasteiger partial charge is 0.267 e. The molecule has 1 aliphatic rings. The summed E-state index contributed by atoms with van der Waals surface area (Å²) in [5.74, 6) is 0. The second-order valence-electron chi connectivity index (χ2n) is 7.33. The van der Waals surface area contributed by atoms with Crippen LogP contribution in [-0.4, -0.2) is 30.7 Å². The van der Waals surface area contributed by atoms with E-state index in [0.717, 1.165) is 50.9 Å². The monoisotopic (exact) mass is 441 g/mol. The molecule has 0 N–H and O–H groups in total. The number of hydrogen-bond donors (Lipinski definition) is 0. The minimum Gasteiger partial charge on any atom is -0.267 e. The van der Waals surface area contributed by atoms with Crippen LogP contribution in [-0.2, 0) is 22.9 Å². The Bertz CT molecular complexity index is 1290. The molecule has 0 bridgehead atoms. The first-order valence-corrected chi connectivity index (χ1v) is 12.8. The van der Waals surface area contributed by atoms with Crippen LogP contribution in [0.4, 0.5) is 5.69 Å². The summed E-state index contributed by atoms with van der Waals surface area (Å²) in [6, 6.07) is 14.1. The van der Waals surface area contributed by atoms with E-state index >= 15 is 0 Å². The molecule has 3 heterocycles. The number of para-hydroxylation sites is 1. The average Bonchev–Trinajstić information content (AvgIpc) is 3.35. The van der Waals surface area contributed by atoms with Crippen molar-refractivity contribution in [2.45, 2.75) is 25.8 Å². The van der Waals surface area contributed by atoms with E-state index in [9.17, 15) is 8.42 Å². The van der Waals surface area contributed by atoms with Crippen molar-refractivity contribution in [3.05, 3.63) is 63.4 Å². The van der Waals surface area contributed by atoms with E-state index in [4.69, 9.17) is 9.97 Å². The van der Waals surface area contributed by atoms with Gasteiger partial charge in [-0.05, 0) is 43.2 Å². The van der Waals surface area contributed by atoms with Gasteiger partial charge in [0.15, 0.2) is 0 Å². The van der Waals surface area contributed by atoms with Gasteiger partial charge in [-0.3, -0.25) is 4.31 Å². The van der Waals surface area contributed by atoms with Crippen LogP contribution in [0.15, 0.2) is 47.8 Å². The highest BCUT2D eigenvalue weighted by molar-refractivity contribution is 7.92. The van der Waals surface area contributed by atoms with Crippen LogP contribution in [0.3, 0.4) is 0 Å². The number of anilines is 1. The number of rotatable bonds is 4. The molecule has 1 aliphatic heterocycles. The Balaban J connectivity index is 1.42. The minimum atomic E-state index is -3.27. The van der Waals surface area contributed by atoms with Gasteiger partial charge in [-0.15, -0.1) is 22.7 Å². The third kappa shape index (κ3) is 3.45. The van der Waals surface area contributed by atoms with Gasteiger partial charge in [0.05, 0.1) is 34.3 Å². The van der Waals surface area contributed by atoms with Crippen LogP contribution in [0, 0.1) is 0 Å². The lowest BCUT2D eigenvalue weighted by atomic mass is 10.1. The maximum Gasteiger partial charge on any atom is 0.232 e. The summed E-state index contributed by atoms with van der Waals surface area (Å²) in [4.78, 5) is 9.51. The van der Waals surface area contributed by atoms with Crippen molar-refractivity contribution in [1.82, 2.24) is 9.97 Å². The Kier molecular flexibility index (Phi) is 4.45. The van der Waals surface area contributed by atoms with Crippen molar-refractivity contribution >= 4 is 48.6 Å². The lowest BCUT2D eigenvalue weighted by molar-refractivity contribution is 0.590. The predicted molar refractivity (Wildman–Crippen MR) is 120 cm³/mol. The van der Waals surface area contributed by atoms with Gasteiger partial charge in [0, 0.05) is 17.0 Å². The Labute approximate surface area is 177 Å². The molecule has 5 nitrogen and oxygen atoms in total. The summed E-state index contributed by atoms with van der Waals surface area (Å²) < 4.78 is 26.9. The predicted octanol–water partition coefficient (Wildman–Crippen LogP) is 4.72. The molecule has 0 amide bonds. The van der Waals surface area contributed by atoms with Gasteiger partial charge in [-0.2, -0.15) is 0 Å². The summed E-state index contributed by atoms with van der Waals surface area (Å²) in [6.45, 7) is 1.94. The number of fused-ring (bicyclic) bond motifs is 2. The minimum absolute atomic E-state index is 0.0553. The second-order valence-corrected chi connectivity index (χ2v) is 11.3. The van der Waals surface area contributed by atoms with Crippen LogP contribution >= 0.6 is 22.7 Å². The van der Waals surface area contributed by atoms with E-state index in [1.807, 2.05) is 37.3 Å². The number of sulfonamides is 1. The fourth-order valence-corrected chi connectivity index (χ4v) is 7.05. The Morgan fingerprint density at radius 3 is 2.76 bits per heavy atom. The van der Waals surface area contributed by atoms with Crippen LogP contribution < -0.4 is 4.31 Å². The zero-order valence-electron chi connectivity index (χ0n) is 16.0. The Morgan fingerprint density at radius 1 is 1.14 bits per heavy atom. The van der Waals surface area contributed by atoms with E-state index in [-0.39, 0.29) is 6.04 Å². The summed E-state index contributed by atoms with van der Waals surface area (Å²) in [6.07, 6.45) is 2.72. The molecule has 0 aliphatic carbocycles. The smallest absolute Gasteiger partial charge is 0.232 e. The number of aromatic nitrogens is 2. The third-order valence-electron chi connectivity index (χ3n) is 5.08. The first-order valence-electron chi connectivity index (χ1n) is 9.30. The Hall–Kier alpha value is -2.29. The molecular formula is C21H19N3O2S3. The van der Waals surface area contributed by atoms with E-state index in [0.29, 0.717) is 0 Å². The molecule has 4 aromatic rings. The number of benzene rings is 2. The van der Waals surface area contributed by atoms with Crippen molar-refractivity contribution in [2.75, 3.05) is 10.6 Å². The van der Waals surface area contributed by atoms with Crippen molar-refractivity contribution < 1.29 is 8.42 Å². The quantitative estimate of drug-likeness (QED) is 0.460. The molecule has 0 fully saturated rings. The fourth-order valence-electron chi connectivity index (χ4n) is 3.92. The van der Waals surface area contributed by atoms with E-state index < -0.39 is 10.0 Å². The summed E-state index contributed by atoms with van der Waals surface area (Å²) in [7, 11) is -3.27. The number of hydrogen-bond acceptors (Lipinski definition) is 6. The normalized spacial score (nSPS) is 16.5. The molecule has 0 radical (unpaired) electrons. The molecule has 2 aromatic carbocycles. The van der Waals surface area contributed by atoms with E-state index in [1.54, 1.807) is 22.7 Å². The van der Waals surface area contributed by atoms with Gasteiger partial charge in [-0.1, -0.05) is 18.2 Å². The van der Waals surface area contributed by atoms with Gasteiger partial charge < -0.3 is 0 Å². The molecule has 2 aromatic heterocycles. The van der Waals surface area contributed by atoms with Gasteiger partial charge in [0.2, 0.25) is 10.0 Å². The highest BCUT2D eigenvalue weighted by Crippen LogP contribution is 2.37. The second kappa shape index (κ2) is 6.90. The molecule has 29 heavy (non-hydrogen) atoms. The number of nitrogens with zero attached hydrogens (tertiary/aromatic N) is 3. The van der Waals surface area contributed by atoms with Gasteiger partial charge in [0.1, 0.15) is 10.0 Å². The maximum atomic E-state index is 12.1. The van der Waals surface area contributed by atoms with Crippen LogP contribution in [0.5, 0.6) is 0 Å². The van der Waals surface area contributed by atoms with Gasteiger partial charge >= 0.3 is 0 Å². The third-order valence-corrected chi connectivity index (χ3v) is 8.23. The molecule has 8 heteroatoms. The van der Waals surface area contributed by atoms with E-state index in [1.165, 1.54) is 15.3 Å². The molecule has 0 saturated heterocycles. The van der Waals surface area contributed by atoms with Crippen LogP contribution in [0.2, 0.25) is 0 Å². The molecule has 0 saturated carbocycles. The van der Waals surface area contributed by atoms with E-state index in [2.05, 4.69) is 17.5 Å². The molecule has 148 valence electrons. The summed E-state index contributed by atoms with van der Waals surface area (Å²) >= 11 is 3.35. The van der Waals surface area contributed by atoms with Crippen molar-refractivity contribution in [1.29, 1.82) is 0 Å². The zero-order chi connectivity index (χ0) is 20.2. The first-order chi connectivity index (χ1) is 13.9. The highest BCUT2D eigenvalue weighted by Gasteiger charge is 2.32. The lowest BCUT2D eigenvalue weighted by Gasteiger charge is -2.21. The first kappa shape index (κ1) is 18.7. The van der Waals surface area contributed by atoms with Crippen LogP contribution in [0.25, 0.3) is 21.5 Å². The number of thiazole rings is 2. The van der Waals surface area contributed by atoms with Crippen molar-refractivity contribution in [3.8, 4) is 11.3 Å². The fraction of sp³-hybridized carbons (Fsp3) is 0.238. The van der Waals surface area contributed by atoms with Gasteiger partial charge in [-0.25, -0.2) is 18.4 Å². The summed E-state index contributed by atoms with van der Waals surface area (Å²) in [5, 5.41) is 4.17. The lowest BCUT2D eigenvalue weighted by Crippen LogP contribution is -2.34. The standard InChI is InChI=1S/C21H19N3O2S3/c1-13-9-15-10-14(7-8-18(15)24(13)29(2,25)26)17-12-27-20(23-17)11-21-22-16-5-3-4-6-19(16)28-21/h3-8,10,12-13H,9,11H2,1-2H3/t13-/m0/s1. The average molecular weight is 442 g/mol.